The molecule has 0 fully saturated rings. The molecule has 0 rings (SSSR count). The van der Waals surface area contributed by atoms with Crippen LogP contribution in [0.1, 0.15) is 19.3 Å². The number of ether oxygens (including phenoxy) is 1. The summed E-state index contributed by atoms with van der Waals surface area (Å²) in [6.45, 7) is 4.29. The largest absolute Gasteiger partial charge is 0.460 e. The van der Waals surface area contributed by atoms with Crippen molar-refractivity contribution in [1.82, 2.24) is 0 Å². The Hall–Kier alpha value is -0.870. The summed E-state index contributed by atoms with van der Waals surface area (Å²) in [4.78, 5) is 11.1. The van der Waals surface area contributed by atoms with Crippen molar-refractivity contribution < 1.29 is 9.53 Å². The van der Waals surface area contributed by atoms with Crippen molar-refractivity contribution in [1.29, 1.82) is 0 Å². The van der Waals surface area contributed by atoms with Gasteiger partial charge in [0.2, 0.25) is 0 Å². The Bertz CT molecular complexity index is 160. The number of esters is 1. The third-order valence-electron chi connectivity index (χ3n) is 1.62. The van der Waals surface area contributed by atoms with Gasteiger partial charge < -0.3 is 16.2 Å². The van der Waals surface area contributed by atoms with Gasteiger partial charge in [-0.1, -0.05) is 19.1 Å². The van der Waals surface area contributed by atoms with Crippen molar-refractivity contribution in [2.24, 2.45) is 11.5 Å². The quantitative estimate of drug-likeness (QED) is 0.337. The lowest BCUT2D eigenvalue weighted by Crippen LogP contribution is -2.32. The smallest absolute Gasteiger partial charge is 0.323 e. The molecule has 13 heavy (non-hydrogen) atoms. The molecule has 4 heteroatoms. The first-order valence-electron chi connectivity index (χ1n) is 4.45. The average molecular weight is 186 g/mol. The lowest BCUT2D eigenvalue weighted by molar-refractivity contribution is -0.144. The van der Waals surface area contributed by atoms with Crippen LogP contribution < -0.4 is 11.5 Å². The minimum atomic E-state index is -0.522. The summed E-state index contributed by atoms with van der Waals surface area (Å²) >= 11 is 0. The molecule has 1 atom stereocenters. The molecule has 0 aromatic carbocycles. The van der Waals surface area contributed by atoms with Crippen molar-refractivity contribution >= 4 is 5.97 Å². The number of unbranched alkanes of at least 4 members (excludes halogenated alkanes) is 1. The van der Waals surface area contributed by atoms with Crippen LogP contribution in [0.2, 0.25) is 0 Å². The van der Waals surface area contributed by atoms with E-state index in [0.717, 1.165) is 12.8 Å². The number of carbonyl (C=O) groups is 1. The van der Waals surface area contributed by atoms with Gasteiger partial charge in [0.25, 0.3) is 0 Å². The topological polar surface area (TPSA) is 78.3 Å². The van der Waals surface area contributed by atoms with E-state index in [-0.39, 0.29) is 12.6 Å². The Balaban J connectivity index is 3.50. The fourth-order valence-corrected chi connectivity index (χ4v) is 0.875. The van der Waals surface area contributed by atoms with Gasteiger partial charge in [0.1, 0.15) is 12.6 Å². The second kappa shape index (κ2) is 7.76. The predicted molar refractivity (Wildman–Crippen MR) is 52.0 cm³/mol. The maximum absolute atomic E-state index is 11.1. The number of hydrogen-bond donors (Lipinski definition) is 2. The SMILES string of the molecule is C=CCOC(=O)[C@@H](N)CCCCN. The van der Waals surface area contributed by atoms with E-state index in [1.54, 1.807) is 0 Å². The first kappa shape index (κ1) is 12.1. The van der Waals surface area contributed by atoms with Gasteiger partial charge in [-0.25, -0.2) is 0 Å². The highest BCUT2D eigenvalue weighted by Crippen LogP contribution is 1.99. The lowest BCUT2D eigenvalue weighted by atomic mass is 10.1. The van der Waals surface area contributed by atoms with Gasteiger partial charge in [0.05, 0.1) is 0 Å². The fourth-order valence-electron chi connectivity index (χ4n) is 0.875. The van der Waals surface area contributed by atoms with Crippen LogP contribution in [0.15, 0.2) is 12.7 Å². The Morgan fingerprint density at radius 2 is 2.23 bits per heavy atom. The molecule has 0 aliphatic heterocycles. The van der Waals surface area contributed by atoms with Crippen LogP contribution in [0.5, 0.6) is 0 Å². The molecule has 0 aromatic rings. The van der Waals surface area contributed by atoms with Crippen LogP contribution in [0.25, 0.3) is 0 Å². The molecule has 0 aliphatic rings. The molecular formula is C9H18N2O2. The number of hydrogen-bond acceptors (Lipinski definition) is 4. The molecule has 0 spiro atoms. The lowest BCUT2D eigenvalue weighted by Gasteiger charge is -2.09. The third-order valence-corrected chi connectivity index (χ3v) is 1.62. The minimum Gasteiger partial charge on any atom is -0.460 e. The standard InChI is InChI=1S/C9H18N2O2/c1-2-7-13-9(12)8(11)5-3-4-6-10/h2,8H,1,3-7,10-11H2/t8-/m0/s1. The summed E-state index contributed by atoms with van der Waals surface area (Å²) in [6, 6.07) is -0.522. The first-order chi connectivity index (χ1) is 6.22. The molecule has 0 radical (unpaired) electrons. The second-order valence-corrected chi connectivity index (χ2v) is 2.81. The van der Waals surface area contributed by atoms with E-state index in [4.69, 9.17) is 16.2 Å². The van der Waals surface area contributed by atoms with Gasteiger partial charge in [0.15, 0.2) is 0 Å². The molecule has 0 heterocycles. The molecule has 4 N–H and O–H groups in total. The van der Waals surface area contributed by atoms with Crippen LogP contribution in [-0.2, 0) is 9.53 Å². The minimum absolute atomic E-state index is 0.226. The van der Waals surface area contributed by atoms with Crippen LogP contribution in [0.3, 0.4) is 0 Å². The van der Waals surface area contributed by atoms with Gasteiger partial charge in [-0.2, -0.15) is 0 Å². The molecule has 0 saturated carbocycles. The van der Waals surface area contributed by atoms with Crippen molar-refractivity contribution in [2.75, 3.05) is 13.2 Å². The van der Waals surface area contributed by atoms with E-state index in [2.05, 4.69) is 6.58 Å². The van der Waals surface area contributed by atoms with E-state index in [1.165, 1.54) is 6.08 Å². The van der Waals surface area contributed by atoms with Gasteiger partial charge in [0, 0.05) is 0 Å². The number of carbonyl (C=O) groups excluding carboxylic acids is 1. The molecule has 76 valence electrons. The Kier molecular flexibility index (Phi) is 7.24. The number of nitrogens with two attached hydrogens (primary N) is 2. The Morgan fingerprint density at radius 1 is 1.54 bits per heavy atom. The summed E-state index contributed by atoms with van der Waals surface area (Å²) in [7, 11) is 0. The van der Waals surface area contributed by atoms with E-state index in [1.807, 2.05) is 0 Å². The Morgan fingerprint density at radius 3 is 2.77 bits per heavy atom. The fraction of sp³-hybridized carbons (Fsp3) is 0.667. The number of rotatable bonds is 7. The van der Waals surface area contributed by atoms with Crippen LogP contribution >= 0.6 is 0 Å². The van der Waals surface area contributed by atoms with E-state index >= 15 is 0 Å². The molecular weight excluding hydrogens is 168 g/mol. The van der Waals surface area contributed by atoms with Gasteiger partial charge >= 0.3 is 5.97 Å². The van der Waals surface area contributed by atoms with Crippen molar-refractivity contribution in [2.45, 2.75) is 25.3 Å². The maximum atomic E-state index is 11.1. The van der Waals surface area contributed by atoms with E-state index in [0.29, 0.717) is 13.0 Å². The molecule has 0 aromatic heterocycles. The molecule has 0 amide bonds. The van der Waals surface area contributed by atoms with Gasteiger partial charge in [-0.15, -0.1) is 0 Å². The molecule has 0 unspecified atom stereocenters. The van der Waals surface area contributed by atoms with Crippen LogP contribution in [0.4, 0.5) is 0 Å². The van der Waals surface area contributed by atoms with E-state index < -0.39 is 6.04 Å². The highest BCUT2D eigenvalue weighted by molar-refractivity contribution is 5.75. The molecule has 0 aliphatic carbocycles. The Labute approximate surface area is 78.9 Å². The average Bonchev–Trinajstić information content (AvgIpc) is 2.14. The third kappa shape index (κ3) is 6.31. The molecule has 0 saturated heterocycles. The summed E-state index contributed by atoms with van der Waals surface area (Å²) < 4.78 is 4.77. The second-order valence-electron chi connectivity index (χ2n) is 2.81. The summed E-state index contributed by atoms with van der Waals surface area (Å²) in [5, 5.41) is 0. The zero-order valence-electron chi connectivity index (χ0n) is 7.87. The van der Waals surface area contributed by atoms with Crippen molar-refractivity contribution in [3.8, 4) is 0 Å². The summed E-state index contributed by atoms with van der Waals surface area (Å²) in [6.07, 6.45) is 3.90. The van der Waals surface area contributed by atoms with Crippen LogP contribution in [-0.4, -0.2) is 25.2 Å². The van der Waals surface area contributed by atoms with Gasteiger partial charge in [-0.3, -0.25) is 4.79 Å². The monoisotopic (exact) mass is 186 g/mol. The summed E-state index contributed by atoms with van der Waals surface area (Å²) in [5.41, 5.74) is 10.8. The first-order valence-corrected chi connectivity index (χ1v) is 4.45. The predicted octanol–water partition coefficient (Wildman–Crippen LogP) is 0.172. The van der Waals surface area contributed by atoms with Gasteiger partial charge in [-0.05, 0) is 19.4 Å². The van der Waals surface area contributed by atoms with E-state index in [9.17, 15) is 4.79 Å². The normalized spacial score (nSPS) is 12.2. The highest BCUT2D eigenvalue weighted by Gasteiger charge is 2.13. The summed E-state index contributed by atoms with van der Waals surface area (Å²) in [5.74, 6) is -0.364. The van der Waals surface area contributed by atoms with Crippen molar-refractivity contribution in [3.05, 3.63) is 12.7 Å². The molecule has 0 bridgehead atoms. The van der Waals surface area contributed by atoms with Crippen molar-refractivity contribution in [3.63, 3.8) is 0 Å². The zero-order valence-corrected chi connectivity index (χ0v) is 7.87. The highest BCUT2D eigenvalue weighted by atomic mass is 16.5. The zero-order chi connectivity index (χ0) is 10.1. The van der Waals surface area contributed by atoms with Crippen LogP contribution in [0, 0.1) is 0 Å². The molecule has 4 nitrogen and oxygen atoms in total. The maximum Gasteiger partial charge on any atom is 0.323 e.